The summed E-state index contributed by atoms with van der Waals surface area (Å²) in [5.41, 5.74) is 12.2. The van der Waals surface area contributed by atoms with Gasteiger partial charge >= 0.3 is 0 Å². The van der Waals surface area contributed by atoms with Crippen LogP contribution in [0.3, 0.4) is 0 Å². The third kappa shape index (κ3) is 7.12. The molecule has 2 heterocycles. The number of anilines is 4. The predicted octanol–water partition coefficient (Wildman–Crippen LogP) is -0.609. The molecule has 1 aromatic carbocycles. The maximum Gasteiger partial charge on any atom is 0.290 e. The Morgan fingerprint density at radius 2 is 2.00 bits per heavy atom. The minimum atomic E-state index is -0.382. The van der Waals surface area contributed by atoms with Gasteiger partial charge in [0.25, 0.3) is 17.9 Å². The summed E-state index contributed by atoms with van der Waals surface area (Å²) in [5.74, 6) is -0.0359. The van der Waals surface area contributed by atoms with E-state index in [2.05, 4.69) is 25.9 Å². The smallest absolute Gasteiger partial charge is 0.290 e. The first-order valence-corrected chi connectivity index (χ1v) is 10.1. The summed E-state index contributed by atoms with van der Waals surface area (Å²) >= 11 is 0. The van der Waals surface area contributed by atoms with Gasteiger partial charge in [0.15, 0.2) is 5.82 Å². The molecule has 1 unspecified atom stereocenters. The number of amides is 2. The number of hydrogen-bond donors (Lipinski definition) is 7. The molecule has 9 N–H and O–H groups in total. The summed E-state index contributed by atoms with van der Waals surface area (Å²) in [6, 6.07) is 7.09. The van der Waals surface area contributed by atoms with Gasteiger partial charge in [-0.15, -0.1) is 0 Å². The van der Waals surface area contributed by atoms with Gasteiger partial charge in [-0.2, -0.15) is 4.98 Å². The number of nitrogens with zero attached hydrogens (tertiary/aromatic N) is 2. The summed E-state index contributed by atoms with van der Waals surface area (Å²) < 4.78 is 0. The van der Waals surface area contributed by atoms with Crippen molar-refractivity contribution in [3.05, 3.63) is 40.2 Å². The molecule has 2 aromatic rings. The maximum atomic E-state index is 12.2. The van der Waals surface area contributed by atoms with Crippen molar-refractivity contribution in [1.29, 1.82) is 0 Å². The van der Waals surface area contributed by atoms with Gasteiger partial charge in [0.2, 0.25) is 11.9 Å². The number of carbonyl (C=O) groups excluding carboxylic acids is 2. The lowest BCUT2D eigenvalue weighted by Gasteiger charge is -2.35. The predicted molar refractivity (Wildman–Crippen MR) is 124 cm³/mol. The molecule has 1 aliphatic rings. The molecule has 13 nitrogen and oxygen atoms in total. The molecule has 0 saturated carbocycles. The molecule has 0 saturated heterocycles. The second kappa shape index (κ2) is 11.9. The van der Waals surface area contributed by atoms with Crippen LogP contribution in [0.4, 0.5) is 23.1 Å². The van der Waals surface area contributed by atoms with Crippen LogP contribution in [-0.4, -0.2) is 66.1 Å². The summed E-state index contributed by atoms with van der Waals surface area (Å²) in [5, 5.41) is 16.1. The SMILES string of the molecule is CN1c2c(nc(N)[nH]c2=O)NCC1CNc1ccc(C(=O)NCCCC(N)=O)cc1.O=CO. The third-order valence-electron chi connectivity index (χ3n) is 4.89. The van der Waals surface area contributed by atoms with Crippen LogP contribution >= 0.6 is 0 Å². The fourth-order valence-electron chi connectivity index (χ4n) is 3.22. The van der Waals surface area contributed by atoms with Crippen LogP contribution < -0.4 is 37.9 Å². The number of aromatic nitrogens is 2. The van der Waals surface area contributed by atoms with Crippen LogP contribution in [0, 0.1) is 0 Å². The summed E-state index contributed by atoms with van der Waals surface area (Å²) in [6.07, 6.45) is 0.755. The topological polar surface area (TPSA) is 209 Å². The Morgan fingerprint density at radius 1 is 1.33 bits per heavy atom. The van der Waals surface area contributed by atoms with Crippen LogP contribution in [0.2, 0.25) is 0 Å². The summed E-state index contributed by atoms with van der Waals surface area (Å²) in [4.78, 5) is 51.9. The molecule has 0 radical (unpaired) electrons. The molecule has 1 aromatic heterocycles. The molecule has 3 rings (SSSR count). The van der Waals surface area contributed by atoms with Crippen molar-refractivity contribution < 1.29 is 19.5 Å². The number of H-pyrrole nitrogens is 1. The van der Waals surface area contributed by atoms with Gasteiger partial charge in [-0.05, 0) is 30.7 Å². The average molecular weight is 460 g/mol. The van der Waals surface area contributed by atoms with Crippen molar-refractivity contribution in [1.82, 2.24) is 15.3 Å². The molecular weight excluding hydrogens is 432 g/mol. The number of primary amides is 1. The summed E-state index contributed by atoms with van der Waals surface area (Å²) in [6.45, 7) is 1.31. The number of nitrogens with two attached hydrogens (primary N) is 2. The molecule has 178 valence electrons. The van der Waals surface area contributed by atoms with E-state index in [4.69, 9.17) is 21.4 Å². The van der Waals surface area contributed by atoms with Crippen molar-refractivity contribution in [2.24, 2.45) is 5.73 Å². The van der Waals surface area contributed by atoms with E-state index in [9.17, 15) is 14.4 Å². The molecule has 2 amide bonds. The van der Waals surface area contributed by atoms with Crippen LogP contribution in [0.15, 0.2) is 29.1 Å². The van der Waals surface area contributed by atoms with E-state index in [0.29, 0.717) is 43.1 Å². The van der Waals surface area contributed by atoms with Crippen molar-refractivity contribution in [3.8, 4) is 0 Å². The monoisotopic (exact) mass is 460 g/mol. The van der Waals surface area contributed by atoms with Gasteiger partial charge in [-0.1, -0.05) is 0 Å². The van der Waals surface area contributed by atoms with E-state index in [-0.39, 0.29) is 42.3 Å². The maximum absolute atomic E-state index is 12.2. The fourth-order valence-corrected chi connectivity index (χ4v) is 3.22. The Labute approximate surface area is 189 Å². The first-order valence-electron chi connectivity index (χ1n) is 10.1. The molecule has 0 bridgehead atoms. The normalized spacial score (nSPS) is 14.1. The molecular formula is C20H28N8O5. The lowest BCUT2D eigenvalue weighted by Crippen LogP contribution is -2.48. The standard InChI is InChI=1S/C19H26N8O3.CH2O2/c1-27-13(10-24-16-15(27)18(30)26-19(21)25-16)9-23-12-6-4-11(5-7-12)17(29)22-8-2-3-14(20)28;2-1-3/h4-7,13,23H,2-3,8-10H2,1H3,(H2,20,28)(H,22,29)(H4,21,24,25,26,30);1H,(H,2,3). The summed E-state index contributed by atoms with van der Waals surface area (Å²) in [7, 11) is 1.84. The van der Waals surface area contributed by atoms with Crippen molar-refractivity contribution in [2.45, 2.75) is 18.9 Å². The largest absolute Gasteiger partial charge is 0.483 e. The molecule has 0 spiro atoms. The number of likely N-dealkylation sites (N-methyl/N-ethyl adjacent to an activating group) is 1. The second-order valence-corrected chi connectivity index (χ2v) is 7.18. The van der Waals surface area contributed by atoms with Gasteiger partial charge in [0.05, 0.1) is 6.04 Å². The van der Waals surface area contributed by atoms with Crippen molar-refractivity contribution >= 4 is 41.4 Å². The van der Waals surface area contributed by atoms with Gasteiger partial charge in [-0.3, -0.25) is 24.2 Å². The number of nitrogens with one attached hydrogen (secondary N) is 4. The molecule has 33 heavy (non-hydrogen) atoms. The number of fused-ring (bicyclic) bond motifs is 1. The van der Waals surface area contributed by atoms with Crippen molar-refractivity contribution in [2.75, 3.05) is 47.9 Å². The minimum absolute atomic E-state index is 0.0113. The Morgan fingerprint density at radius 3 is 2.64 bits per heavy atom. The number of hydrogen-bond acceptors (Lipinski definition) is 9. The van der Waals surface area contributed by atoms with Gasteiger partial charge in [0.1, 0.15) is 5.69 Å². The molecule has 13 heteroatoms. The van der Waals surface area contributed by atoms with Gasteiger partial charge in [0, 0.05) is 44.4 Å². The highest BCUT2D eigenvalue weighted by molar-refractivity contribution is 5.94. The highest BCUT2D eigenvalue weighted by atomic mass is 16.3. The van der Waals surface area contributed by atoms with Crippen LogP contribution in [0.1, 0.15) is 23.2 Å². The molecule has 0 aliphatic carbocycles. The lowest BCUT2D eigenvalue weighted by molar-refractivity contribution is -0.123. The van der Waals surface area contributed by atoms with Crippen LogP contribution in [0.5, 0.6) is 0 Å². The van der Waals surface area contributed by atoms with E-state index in [1.165, 1.54) is 0 Å². The Hall–Kier alpha value is -4.29. The first-order chi connectivity index (χ1) is 15.8. The highest BCUT2D eigenvalue weighted by Gasteiger charge is 2.27. The van der Waals surface area contributed by atoms with Crippen LogP contribution in [-0.2, 0) is 9.59 Å². The van der Waals surface area contributed by atoms with E-state index >= 15 is 0 Å². The zero-order valence-corrected chi connectivity index (χ0v) is 18.1. The Balaban J connectivity index is 0.00000122. The zero-order chi connectivity index (χ0) is 24.4. The number of carboxylic acid groups (broad SMARTS) is 1. The number of aromatic amines is 1. The van der Waals surface area contributed by atoms with E-state index < -0.39 is 0 Å². The highest BCUT2D eigenvalue weighted by Crippen LogP contribution is 2.25. The quantitative estimate of drug-likeness (QED) is 0.196. The molecule has 1 aliphatic heterocycles. The van der Waals surface area contributed by atoms with Gasteiger partial charge < -0.3 is 37.4 Å². The second-order valence-electron chi connectivity index (χ2n) is 7.18. The lowest BCUT2D eigenvalue weighted by atomic mass is 10.1. The van der Waals surface area contributed by atoms with E-state index in [1.54, 1.807) is 12.1 Å². The number of nitrogen functional groups attached to an aromatic ring is 1. The molecule has 0 fully saturated rings. The number of carbonyl (C=O) groups is 3. The van der Waals surface area contributed by atoms with Crippen molar-refractivity contribution in [3.63, 3.8) is 0 Å². The Bertz CT molecular complexity index is 1020. The number of benzene rings is 1. The zero-order valence-electron chi connectivity index (χ0n) is 18.1. The third-order valence-corrected chi connectivity index (χ3v) is 4.89. The van der Waals surface area contributed by atoms with E-state index in [1.807, 2.05) is 24.1 Å². The minimum Gasteiger partial charge on any atom is -0.483 e. The Kier molecular flexibility index (Phi) is 9.03. The van der Waals surface area contributed by atoms with Crippen LogP contribution in [0.25, 0.3) is 0 Å². The average Bonchev–Trinajstić information content (AvgIpc) is 2.76. The number of rotatable bonds is 8. The molecule has 1 atom stereocenters. The first kappa shape index (κ1) is 25.0. The van der Waals surface area contributed by atoms with E-state index in [0.717, 1.165) is 5.69 Å². The fraction of sp³-hybridized carbons (Fsp3) is 0.350. The van der Waals surface area contributed by atoms with Gasteiger partial charge in [-0.25, -0.2) is 0 Å².